The summed E-state index contributed by atoms with van der Waals surface area (Å²) in [5, 5.41) is 0. The number of rotatable bonds is 7. The van der Waals surface area contributed by atoms with Crippen molar-refractivity contribution < 1.29 is 18.8 Å². The molecule has 1 aromatic rings. The van der Waals surface area contributed by atoms with Crippen LogP contribution in [-0.2, 0) is 11.1 Å². The fraction of sp³-hybridized carbons (Fsp3) is 0.654. The number of ether oxygens (including phenoxy) is 1. The van der Waals surface area contributed by atoms with Crippen LogP contribution in [0.2, 0.25) is 6.32 Å². The Hall–Kier alpha value is -1.91. The fourth-order valence-corrected chi connectivity index (χ4v) is 5.52. The van der Waals surface area contributed by atoms with Crippen LogP contribution in [0.3, 0.4) is 0 Å². The second kappa shape index (κ2) is 8.92. The Balaban J connectivity index is 1.85. The van der Waals surface area contributed by atoms with Gasteiger partial charge in [-0.05, 0) is 58.1 Å². The minimum absolute atomic E-state index is 0.212. The third kappa shape index (κ3) is 4.25. The van der Waals surface area contributed by atoms with E-state index in [-0.39, 0.29) is 17.5 Å². The minimum atomic E-state index is -0.503. The molecule has 1 aromatic carbocycles. The van der Waals surface area contributed by atoms with Gasteiger partial charge >= 0.3 is 13.1 Å². The van der Waals surface area contributed by atoms with Crippen LogP contribution in [-0.4, -0.2) is 18.7 Å². The molecule has 0 N–H and O–H groups in total. The third-order valence-electron chi connectivity index (χ3n) is 7.25. The third-order valence-corrected chi connectivity index (χ3v) is 7.25. The summed E-state index contributed by atoms with van der Waals surface area (Å²) >= 11 is 0. The van der Waals surface area contributed by atoms with E-state index in [1.54, 1.807) is 0 Å². The van der Waals surface area contributed by atoms with Crippen molar-refractivity contribution in [3.63, 3.8) is 0 Å². The average Bonchev–Trinajstić information content (AvgIpc) is 2.71. The van der Waals surface area contributed by atoms with Crippen LogP contribution >= 0.6 is 0 Å². The van der Waals surface area contributed by atoms with Crippen molar-refractivity contribution in [1.82, 2.24) is 0 Å². The Kier molecular flexibility index (Phi) is 6.41. The van der Waals surface area contributed by atoms with Crippen LogP contribution in [0.15, 0.2) is 17.7 Å². The zero-order valence-corrected chi connectivity index (χ0v) is 19.9. The lowest BCUT2D eigenvalue weighted by Crippen LogP contribution is -2.46. The Bertz CT molecular complexity index is 873. The Morgan fingerprint density at radius 2 is 1.90 bits per heavy atom. The van der Waals surface area contributed by atoms with E-state index in [0.29, 0.717) is 11.5 Å². The summed E-state index contributed by atoms with van der Waals surface area (Å²) in [6.45, 7) is 11.0. The molecule has 0 radical (unpaired) electrons. The molecule has 0 fully saturated rings. The number of hydrogen-bond acceptors (Lipinski definition) is 4. The van der Waals surface area contributed by atoms with Gasteiger partial charge in [-0.25, -0.2) is 4.79 Å². The van der Waals surface area contributed by atoms with E-state index in [4.69, 9.17) is 14.0 Å². The molecule has 3 aliphatic rings. The maximum absolute atomic E-state index is 13.2. The predicted molar refractivity (Wildman–Crippen MR) is 125 cm³/mol. The summed E-state index contributed by atoms with van der Waals surface area (Å²) in [5.41, 5.74) is 3.87. The quantitative estimate of drug-likeness (QED) is 0.272. The largest absolute Gasteiger partial charge is 0.596 e. The van der Waals surface area contributed by atoms with Crippen LogP contribution in [0.5, 0.6) is 11.5 Å². The molecule has 1 aliphatic carbocycles. The van der Waals surface area contributed by atoms with E-state index in [0.717, 1.165) is 80.3 Å². The van der Waals surface area contributed by atoms with Gasteiger partial charge in [0.15, 0.2) is 0 Å². The normalized spacial score (nSPS) is 23.6. The number of allylic oxidation sites excluding steroid dienone is 2. The number of benzene rings is 1. The molecule has 0 bridgehead atoms. The number of unbranched alkanes of at least 4 members (excludes halogenated alkanes) is 3. The Morgan fingerprint density at radius 1 is 1.13 bits per heavy atom. The van der Waals surface area contributed by atoms with Gasteiger partial charge in [0, 0.05) is 23.7 Å². The van der Waals surface area contributed by atoms with Crippen molar-refractivity contribution in [3.05, 3.63) is 34.4 Å². The maximum Gasteiger partial charge on any atom is 0.596 e. The Labute approximate surface area is 187 Å². The maximum atomic E-state index is 13.2. The molecule has 168 valence electrons. The van der Waals surface area contributed by atoms with Gasteiger partial charge in [-0.1, -0.05) is 51.2 Å². The molecule has 4 nitrogen and oxygen atoms in total. The molecule has 0 spiro atoms. The van der Waals surface area contributed by atoms with Crippen LogP contribution in [0.1, 0.15) is 107 Å². The Morgan fingerprint density at radius 3 is 2.65 bits per heavy atom. The van der Waals surface area contributed by atoms with Gasteiger partial charge in [0.2, 0.25) is 0 Å². The van der Waals surface area contributed by atoms with Crippen molar-refractivity contribution in [1.29, 1.82) is 0 Å². The lowest BCUT2D eigenvalue weighted by molar-refractivity contribution is 0.0106. The highest BCUT2D eigenvalue weighted by atomic mass is 16.6. The molecular weight excluding hydrogens is 387 g/mol. The topological polar surface area (TPSA) is 44.8 Å². The molecule has 0 aromatic heterocycles. The molecule has 4 rings (SSSR count). The van der Waals surface area contributed by atoms with Gasteiger partial charge in [0.25, 0.3) is 0 Å². The standard InChI is InChI=1S/C26H37BO4/c1-6-8-10-11-18-16-21-23(19-15-17(3)12-13-20(19)26(4,5)29-21)24-22(18)25(28)31-27(30-24)14-9-7-2/h15-16,19-20H,6-14H2,1-5H3. The van der Waals surface area contributed by atoms with E-state index < -0.39 is 7.12 Å². The number of hydrogen-bond donors (Lipinski definition) is 0. The van der Waals surface area contributed by atoms with Crippen LogP contribution in [0.4, 0.5) is 0 Å². The molecule has 2 aliphatic heterocycles. The van der Waals surface area contributed by atoms with Gasteiger partial charge in [-0.3, -0.25) is 0 Å². The van der Waals surface area contributed by atoms with Crippen molar-refractivity contribution >= 4 is 13.1 Å². The highest BCUT2D eigenvalue weighted by Crippen LogP contribution is 2.55. The van der Waals surface area contributed by atoms with Crippen molar-refractivity contribution in [2.75, 3.05) is 0 Å². The molecule has 31 heavy (non-hydrogen) atoms. The summed E-state index contributed by atoms with van der Waals surface area (Å²) in [4.78, 5) is 13.2. The van der Waals surface area contributed by atoms with E-state index in [1.807, 2.05) is 0 Å². The number of carbonyl (C=O) groups excluding carboxylic acids is 1. The fourth-order valence-electron chi connectivity index (χ4n) is 5.52. The second-order valence-electron chi connectivity index (χ2n) is 10.1. The van der Waals surface area contributed by atoms with Crippen molar-refractivity contribution in [2.24, 2.45) is 5.92 Å². The van der Waals surface area contributed by atoms with Gasteiger partial charge in [-0.2, -0.15) is 0 Å². The molecular formula is C26H37BO4. The van der Waals surface area contributed by atoms with E-state index >= 15 is 0 Å². The van der Waals surface area contributed by atoms with Gasteiger partial charge in [0.05, 0.1) is 0 Å². The summed E-state index contributed by atoms with van der Waals surface area (Å²) < 4.78 is 18.8. The van der Waals surface area contributed by atoms with E-state index in [1.165, 1.54) is 5.57 Å². The van der Waals surface area contributed by atoms with E-state index in [9.17, 15) is 4.79 Å². The highest BCUT2D eigenvalue weighted by Gasteiger charge is 2.48. The average molecular weight is 424 g/mol. The predicted octanol–water partition coefficient (Wildman–Crippen LogP) is 6.87. The molecule has 0 saturated heterocycles. The number of carbonyl (C=O) groups is 1. The second-order valence-corrected chi connectivity index (χ2v) is 10.1. The first-order valence-electron chi connectivity index (χ1n) is 12.3. The van der Waals surface area contributed by atoms with Crippen LogP contribution < -0.4 is 9.39 Å². The smallest absolute Gasteiger partial charge is 0.525 e. The van der Waals surface area contributed by atoms with Crippen LogP contribution in [0, 0.1) is 5.92 Å². The summed E-state index contributed by atoms with van der Waals surface area (Å²) in [6, 6.07) is 2.11. The SMILES string of the molecule is CCCCCc1cc2c(c3c1C(=O)OB(CCCC)O3)C1C=C(C)CCC1C(C)(C)O2. The lowest BCUT2D eigenvalue weighted by atomic mass is 9.67. The van der Waals surface area contributed by atoms with Gasteiger partial charge in [-0.15, -0.1) is 0 Å². The molecule has 2 unspecified atom stereocenters. The molecule has 2 heterocycles. The first-order chi connectivity index (χ1) is 14.9. The van der Waals surface area contributed by atoms with Gasteiger partial charge in [0.1, 0.15) is 22.7 Å². The number of aryl methyl sites for hydroxylation is 1. The zero-order chi connectivity index (χ0) is 22.2. The summed E-state index contributed by atoms with van der Waals surface area (Å²) in [5.74, 6) is 1.98. The first kappa shape index (κ1) is 22.3. The van der Waals surface area contributed by atoms with Crippen molar-refractivity contribution in [2.45, 2.75) is 104 Å². The van der Waals surface area contributed by atoms with Crippen LogP contribution in [0.25, 0.3) is 0 Å². The highest BCUT2D eigenvalue weighted by molar-refractivity contribution is 6.49. The monoisotopic (exact) mass is 424 g/mol. The molecule has 0 saturated carbocycles. The zero-order valence-electron chi connectivity index (χ0n) is 19.9. The minimum Gasteiger partial charge on any atom is -0.525 e. The summed E-state index contributed by atoms with van der Waals surface area (Å²) in [6.07, 6.45) is 11.5. The molecule has 5 heteroatoms. The molecule has 0 amide bonds. The summed E-state index contributed by atoms with van der Waals surface area (Å²) in [7, 11) is -0.503. The van der Waals surface area contributed by atoms with Crippen molar-refractivity contribution in [3.8, 4) is 11.5 Å². The number of fused-ring (bicyclic) bond motifs is 5. The van der Waals surface area contributed by atoms with E-state index in [2.05, 4.69) is 46.8 Å². The van der Waals surface area contributed by atoms with Gasteiger partial charge < -0.3 is 14.0 Å². The lowest BCUT2D eigenvalue weighted by Gasteiger charge is -2.47. The first-order valence-corrected chi connectivity index (χ1v) is 12.3. The molecule has 2 atom stereocenters.